The Morgan fingerprint density at radius 2 is 1.97 bits per heavy atom. The SMILES string of the molecule is CCOC(=O)C1=C(C)N=c2s/c(=C/c3cccc([N+](=O)[O-])c3)c(=O)n2[C@@H]1c1c(OC)ccc2ccccc12. The first-order valence-corrected chi connectivity index (χ1v) is 12.7. The lowest BCUT2D eigenvalue weighted by Gasteiger charge is -2.27. The molecule has 0 fully saturated rings. The van der Waals surface area contributed by atoms with Crippen molar-refractivity contribution in [3.05, 3.63) is 113 Å². The van der Waals surface area contributed by atoms with Gasteiger partial charge in [0, 0.05) is 17.7 Å². The van der Waals surface area contributed by atoms with Gasteiger partial charge >= 0.3 is 5.97 Å². The number of carbonyl (C=O) groups excluding carboxylic acids is 1. The van der Waals surface area contributed by atoms with Crippen LogP contribution in [-0.4, -0.2) is 29.2 Å². The van der Waals surface area contributed by atoms with E-state index in [0.29, 0.717) is 31.9 Å². The number of nitrogens with zero attached hydrogens (tertiary/aromatic N) is 3. The first-order valence-electron chi connectivity index (χ1n) is 11.8. The second-order valence-corrected chi connectivity index (χ2v) is 9.57. The Kier molecular flexibility index (Phi) is 6.64. The van der Waals surface area contributed by atoms with Crippen molar-refractivity contribution in [2.75, 3.05) is 13.7 Å². The number of nitro groups is 1. The molecule has 0 saturated heterocycles. The average molecular weight is 530 g/mol. The summed E-state index contributed by atoms with van der Waals surface area (Å²) in [6, 6.07) is 16.6. The molecule has 5 rings (SSSR count). The van der Waals surface area contributed by atoms with E-state index in [-0.39, 0.29) is 23.4 Å². The van der Waals surface area contributed by atoms with Crippen LogP contribution in [0.2, 0.25) is 0 Å². The minimum atomic E-state index is -0.862. The Morgan fingerprint density at radius 1 is 1.18 bits per heavy atom. The summed E-state index contributed by atoms with van der Waals surface area (Å²) in [5, 5.41) is 13.0. The fourth-order valence-electron chi connectivity index (χ4n) is 4.68. The third kappa shape index (κ3) is 4.28. The van der Waals surface area contributed by atoms with Crippen molar-refractivity contribution in [1.82, 2.24) is 4.57 Å². The van der Waals surface area contributed by atoms with Gasteiger partial charge in [-0.1, -0.05) is 53.8 Å². The maximum Gasteiger partial charge on any atom is 0.338 e. The molecule has 0 radical (unpaired) electrons. The van der Waals surface area contributed by atoms with Gasteiger partial charge in [-0.15, -0.1) is 0 Å². The Hall–Kier alpha value is -4.57. The molecule has 9 nitrogen and oxygen atoms in total. The van der Waals surface area contributed by atoms with Crippen LogP contribution in [0.1, 0.15) is 31.0 Å². The Labute approximate surface area is 220 Å². The molecule has 1 aliphatic rings. The number of nitro benzene ring substituents is 1. The predicted molar refractivity (Wildman–Crippen MR) is 144 cm³/mol. The first-order chi connectivity index (χ1) is 18.3. The minimum absolute atomic E-state index is 0.0784. The van der Waals surface area contributed by atoms with Gasteiger partial charge in [-0.05, 0) is 42.3 Å². The van der Waals surface area contributed by atoms with Gasteiger partial charge in [-0.3, -0.25) is 19.5 Å². The quantitative estimate of drug-likeness (QED) is 0.213. The molecular formula is C28H23N3O6S. The fourth-order valence-corrected chi connectivity index (χ4v) is 5.73. The number of thiazole rings is 1. The lowest BCUT2D eigenvalue weighted by Crippen LogP contribution is -2.40. The molecule has 0 unspecified atom stereocenters. The number of ether oxygens (including phenoxy) is 2. The zero-order chi connectivity index (χ0) is 27.0. The van der Waals surface area contributed by atoms with Crippen LogP contribution in [0.5, 0.6) is 5.75 Å². The largest absolute Gasteiger partial charge is 0.496 e. The van der Waals surface area contributed by atoms with Gasteiger partial charge in [0.15, 0.2) is 4.80 Å². The summed E-state index contributed by atoms with van der Waals surface area (Å²) in [4.78, 5) is 43.0. The first kappa shape index (κ1) is 25.1. The molecule has 2 heterocycles. The third-order valence-electron chi connectivity index (χ3n) is 6.32. The molecule has 0 aliphatic carbocycles. The normalized spacial score (nSPS) is 15.2. The number of fused-ring (bicyclic) bond motifs is 2. The smallest absolute Gasteiger partial charge is 0.338 e. The van der Waals surface area contributed by atoms with Gasteiger partial charge < -0.3 is 9.47 Å². The number of methoxy groups -OCH3 is 1. The molecule has 0 N–H and O–H groups in total. The highest BCUT2D eigenvalue weighted by Gasteiger charge is 2.36. The van der Waals surface area contributed by atoms with E-state index >= 15 is 0 Å². The number of non-ortho nitro benzene ring substituents is 1. The third-order valence-corrected chi connectivity index (χ3v) is 7.30. The van der Waals surface area contributed by atoms with E-state index in [2.05, 4.69) is 4.99 Å². The van der Waals surface area contributed by atoms with Crippen molar-refractivity contribution in [2.24, 2.45) is 4.99 Å². The number of hydrogen-bond acceptors (Lipinski definition) is 8. The van der Waals surface area contributed by atoms with Gasteiger partial charge in [0.1, 0.15) is 11.8 Å². The fraction of sp³-hybridized carbons (Fsp3) is 0.179. The Balaban J connectivity index is 1.83. The summed E-state index contributed by atoms with van der Waals surface area (Å²) < 4.78 is 12.9. The highest BCUT2D eigenvalue weighted by molar-refractivity contribution is 7.07. The van der Waals surface area contributed by atoms with Gasteiger partial charge in [-0.25, -0.2) is 9.79 Å². The van der Waals surface area contributed by atoms with E-state index in [4.69, 9.17) is 9.47 Å². The number of aromatic nitrogens is 1. The van der Waals surface area contributed by atoms with Crippen LogP contribution in [0.3, 0.4) is 0 Å². The topological polar surface area (TPSA) is 113 Å². The van der Waals surface area contributed by atoms with Gasteiger partial charge in [0.2, 0.25) is 0 Å². The maximum atomic E-state index is 13.9. The molecule has 1 atom stereocenters. The Bertz CT molecular complexity index is 1820. The summed E-state index contributed by atoms with van der Waals surface area (Å²) in [6.45, 7) is 3.59. The number of esters is 1. The van der Waals surface area contributed by atoms with Crippen molar-refractivity contribution in [1.29, 1.82) is 0 Å². The highest BCUT2D eigenvalue weighted by atomic mass is 32.1. The predicted octanol–water partition coefficient (Wildman–Crippen LogP) is 3.87. The molecule has 4 aromatic rings. The molecule has 0 saturated carbocycles. The van der Waals surface area contributed by atoms with Gasteiger partial charge in [0.05, 0.1) is 34.4 Å². The maximum absolute atomic E-state index is 13.9. The number of rotatable bonds is 6. The molecule has 38 heavy (non-hydrogen) atoms. The molecule has 3 aromatic carbocycles. The Morgan fingerprint density at radius 3 is 2.71 bits per heavy atom. The van der Waals surface area contributed by atoms with Crippen LogP contribution in [0.15, 0.2) is 81.7 Å². The zero-order valence-corrected chi connectivity index (χ0v) is 21.7. The van der Waals surface area contributed by atoms with E-state index in [1.807, 2.05) is 36.4 Å². The molecule has 0 amide bonds. The van der Waals surface area contributed by atoms with Gasteiger partial charge in [0.25, 0.3) is 11.2 Å². The van der Waals surface area contributed by atoms with Crippen molar-refractivity contribution in [2.45, 2.75) is 19.9 Å². The molecular weight excluding hydrogens is 506 g/mol. The summed E-state index contributed by atoms with van der Waals surface area (Å²) in [5.41, 5.74) is 1.37. The van der Waals surface area contributed by atoms with E-state index in [1.165, 1.54) is 16.7 Å². The summed E-state index contributed by atoms with van der Waals surface area (Å²) in [7, 11) is 1.54. The van der Waals surface area contributed by atoms with E-state index in [0.717, 1.165) is 22.1 Å². The van der Waals surface area contributed by atoms with Crippen LogP contribution in [-0.2, 0) is 9.53 Å². The molecule has 0 bridgehead atoms. The minimum Gasteiger partial charge on any atom is -0.496 e. The monoisotopic (exact) mass is 529 g/mol. The van der Waals surface area contributed by atoms with E-state index < -0.39 is 16.9 Å². The molecule has 0 spiro atoms. The van der Waals surface area contributed by atoms with Crippen LogP contribution in [0.25, 0.3) is 16.8 Å². The number of hydrogen-bond donors (Lipinski definition) is 0. The average Bonchev–Trinajstić information content (AvgIpc) is 3.21. The second kappa shape index (κ2) is 10.1. The summed E-state index contributed by atoms with van der Waals surface area (Å²) in [6.07, 6.45) is 1.59. The molecule has 1 aliphatic heterocycles. The number of benzene rings is 3. The van der Waals surface area contributed by atoms with Crippen LogP contribution >= 0.6 is 11.3 Å². The highest BCUT2D eigenvalue weighted by Crippen LogP contribution is 2.40. The number of carbonyl (C=O) groups is 1. The lowest BCUT2D eigenvalue weighted by atomic mass is 9.90. The molecule has 1 aromatic heterocycles. The summed E-state index contributed by atoms with van der Waals surface area (Å²) in [5.74, 6) is -0.0554. The lowest BCUT2D eigenvalue weighted by molar-refractivity contribution is -0.384. The van der Waals surface area contributed by atoms with Crippen molar-refractivity contribution >= 4 is 39.8 Å². The second-order valence-electron chi connectivity index (χ2n) is 8.56. The standard InChI is InChI=1S/C28H23N3O6S/c1-4-37-27(33)23-16(2)29-28-30(25(23)24-20-11-6-5-9-18(20)12-13-21(24)36-3)26(32)22(38-28)15-17-8-7-10-19(14-17)31(34)35/h5-15,25H,4H2,1-3H3/b22-15+/t25-/m0/s1. The van der Waals surface area contributed by atoms with Crippen LogP contribution in [0.4, 0.5) is 5.69 Å². The van der Waals surface area contributed by atoms with Crippen molar-refractivity contribution in [3.8, 4) is 5.75 Å². The van der Waals surface area contributed by atoms with Gasteiger partial charge in [-0.2, -0.15) is 0 Å². The molecule has 192 valence electrons. The zero-order valence-electron chi connectivity index (χ0n) is 20.8. The molecule has 10 heteroatoms. The summed E-state index contributed by atoms with van der Waals surface area (Å²) >= 11 is 1.15. The van der Waals surface area contributed by atoms with E-state index in [9.17, 15) is 19.7 Å². The van der Waals surface area contributed by atoms with Crippen LogP contribution in [0, 0.1) is 10.1 Å². The van der Waals surface area contributed by atoms with Crippen LogP contribution < -0.4 is 19.6 Å². The van der Waals surface area contributed by atoms with E-state index in [1.54, 1.807) is 39.2 Å². The van der Waals surface area contributed by atoms with Crippen molar-refractivity contribution in [3.63, 3.8) is 0 Å². The van der Waals surface area contributed by atoms with Crippen molar-refractivity contribution < 1.29 is 19.2 Å². The number of allylic oxidation sites excluding steroid dienone is 1.